The van der Waals surface area contributed by atoms with E-state index < -0.39 is 0 Å². The molecule has 8 heteroatoms. The fourth-order valence-corrected chi connectivity index (χ4v) is 4.55. The average molecular weight is 410 g/mol. The van der Waals surface area contributed by atoms with Crippen molar-refractivity contribution in [2.75, 3.05) is 12.4 Å². The van der Waals surface area contributed by atoms with Gasteiger partial charge in [0.15, 0.2) is 10.9 Å². The molecular weight excluding hydrogens is 388 g/mol. The number of fused-ring (bicyclic) bond motifs is 3. The normalized spacial score (nSPS) is 12.2. The molecule has 3 aromatic rings. The van der Waals surface area contributed by atoms with Gasteiger partial charge in [-0.05, 0) is 31.9 Å². The van der Waals surface area contributed by atoms with Crippen molar-refractivity contribution in [3.05, 3.63) is 46.1 Å². The Morgan fingerprint density at radius 3 is 2.90 bits per heavy atom. The molecule has 2 aromatic heterocycles. The summed E-state index contributed by atoms with van der Waals surface area (Å²) in [5.74, 6) is 0.197. The summed E-state index contributed by atoms with van der Waals surface area (Å²) in [5, 5.41) is 7.72. The molecule has 0 aliphatic heterocycles. The highest BCUT2D eigenvalue weighted by Crippen LogP contribution is 2.37. The topological polar surface area (TPSA) is 86.1 Å². The summed E-state index contributed by atoms with van der Waals surface area (Å²) < 4.78 is 7.14. The van der Waals surface area contributed by atoms with Gasteiger partial charge in [0.25, 0.3) is 0 Å². The van der Waals surface area contributed by atoms with Crippen LogP contribution in [0, 0.1) is 6.92 Å². The van der Waals surface area contributed by atoms with Crippen molar-refractivity contribution in [2.45, 2.75) is 32.6 Å². The second-order valence-corrected chi connectivity index (χ2v) is 8.18. The Balaban J connectivity index is 1.41. The Labute approximate surface area is 172 Å². The van der Waals surface area contributed by atoms with E-state index >= 15 is 0 Å². The van der Waals surface area contributed by atoms with Crippen molar-refractivity contribution in [1.29, 1.82) is 0 Å². The molecule has 0 saturated heterocycles. The van der Waals surface area contributed by atoms with E-state index in [9.17, 15) is 9.59 Å². The third kappa shape index (κ3) is 3.80. The number of hydrogen-bond acceptors (Lipinski definition) is 6. The lowest BCUT2D eigenvalue weighted by molar-refractivity contribution is -0.116. The molecule has 0 spiro atoms. The van der Waals surface area contributed by atoms with Gasteiger partial charge in [0.05, 0.1) is 24.6 Å². The van der Waals surface area contributed by atoms with Gasteiger partial charge in [-0.15, -0.1) is 11.3 Å². The summed E-state index contributed by atoms with van der Waals surface area (Å²) in [5.41, 5.74) is 4.58. The molecule has 0 bridgehead atoms. The van der Waals surface area contributed by atoms with Gasteiger partial charge >= 0.3 is 0 Å². The number of rotatable bonds is 6. The van der Waals surface area contributed by atoms with Gasteiger partial charge in [-0.1, -0.05) is 11.6 Å². The molecular formula is C21H22N4O3S. The Kier molecular flexibility index (Phi) is 5.19. The summed E-state index contributed by atoms with van der Waals surface area (Å²) in [6.45, 7) is 1.92. The lowest BCUT2D eigenvalue weighted by atomic mass is 10.0. The highest BCUT2D eigenvalue weighted by molar-refractivity contribution is 7.16. The fourth-order valence-electron chi connectivity index (χ4n) is 3.56. The maximum atomic E-state index is 12.5. The summed E-state index contributed by atoms with van der Waals surface area (Å²) in [7, 11) is 3.46. The van der Waals surface area contributed by atoms with Crippen LogP contribution in [0.5, 0.6) is 5.75 Å². The number of methoxy groups -OCH3 is 1. The Hall–Kier alpha value is -3.00. The van der Waals surface area contributed by atoms with E-state index in [2.05, 4.69) is 15.4 Å². The Morgan fingerprint density at radius 1 is 1.28 bits per heavy atom. The molecule has 1 aliphatic carbocycles. The van der Waals surface area contributed by atoms with Crippen molar-refractivity contribution in [3.8, 4) is 17.0 Å². The van der Waals surface area contributed by atoms with Crippen molar-refractivity contribution in [1.82, 2.24) is 14.8 Å². The van der Waals surface area contributed by atoms with Crippen molar-refractivity contribution in [3.63, 3.8) is 0 Å². The van der Waals surface area contributed by atoms with Crippen LogP contribution < -0.4 is 10.1 Å². The van der Waals surface area contributed by atoms with Crippen LogP contribution in [0.15, 0.2) is 24.4 Å². The standard InChI is InChI=1S/C21H22N4O3S/c1-12-4-7-17(28-3)13(10-12)16(26)6-9-19(27)23-21-24-20-14-11-22-25(2)15(14)5-8-18(20)29-21/h4,7,10-11H,5-6,8-9H2,1-3H3,(H,23,24,27). The van der Waals surface area contributed by atoms with Gasteiger partial charge in [0, 0.05) is 36.0 Å². The zero-order chi connectivity index (χ0) is 20.5. The summed E-state index contributed by atoms with van der Waals surface area (Å²) in [4.78, 5) is 30.7. The molecule has 7 nitrogen and oxygen atoms in total. The van der Waals surface area contributed by atoms with Crippen LogP contribution in [0.25, 0.3) is 11.3 Å². The van der Waals surface area contributed by atoms with Crippen LogP contribution in [0.4, 0.5) is 5.13 Å². The second-order valence-electron chi connectivity index (χ2n) is 7.09. The molecule has 150 valence electrons. The quantitative estimate of drug-likeness (QED) is 0.628. The van der Waals surface area contributed by atoms with Crippen LogP contribution in [0.3, 0.4) is 0 Å². The maximum absolute atomic E-state index is 12.5. The SMILES string of the molecule is COc1ccc(C)cc1C(=O)CCC(=O)Nc1nc2c(s1)CCc1c-2cnn1C. The number of carbonyl (C=O) groups excluding carboxylic acids is 2. The summed E-state index contributed by atoms with van der Waals surface area (Å²) in [6.07, 6.45) is 3.84. The van der Waals surface area contributed by atoms with Crippen LogP contribution in [0.2, 0.25) is 0 Å². The van der Waals surface area contributed by atoms with Crippen molar-refractivity contribution in [2.24, 2.45) is 7.05 Å². The van der Waals surface area contributed by atoms with Crippen LogP contribution in [0.1, 0.15) is 39.3 Å². The number of carbonyl (C=O) groups is 2. The second kappa shape index (κ2) is 7.79. The first kappa shape index (κ1) is 19.3. The smallest absolute Gasteiger partial charge is 0.226 e. The molecule has 1 aromatic carbocycles. The average Bonchev–Trinajstić information content (AvgIpc) is 3.29. The zero-order valence-electron chi connectivity index (χ0n) is 16.6. The third-order valence-electron chi connectivity index (χ3n) is 5.08. The van der Waals surface area contributed by atoms with E-state index in [0.29, 0.717) is 16.4 Å². The number of nitrogens with zero attached hydrogens (tertiary/aromatic N) is 3. The van der Waals surface area contributed by atoms with Crippen molar-refractivity contribution < 1.29 is 14.3 Å². The Bertz CT molecular complexity index is 1100. The minimum Gasteiger partial charge on any atom is -0.496 e. The highest BCUT2D eigenvalue weighted by atomic mass is 32.1. The Morgan fingerprint density at radius 2 is 2.10 bits per heavy atom. The molecule has 0 atom stereocenters. The third-order valence-corrected chi connectivity index (χ3v) is 6.11. The number of anilines is 1. The van der Waals surface area contributed by atoms with Crippen LogP contribution in [-0.4, -0.2) is 33.6 Å². The highest BCUT2D eigenvalue weighted by Gasteiger charge is 2.24. The number of benzene rings is 1. The van der Waals surface area contributed by atoms with Crippen molar-refractivity contribution >= 4 is 28.2 Å². The number of Topliss-reactive ketones (excluding diaryl/α,β-unsaturated/α-hetero) is 1. The fraction of sp³-hybridized carbons (Fsp3) is 0.333. The zero-order valence-corrected chi connectivity index (χ0v) is 17.4. The molecule has 0 unspecified atom stereocenters. The number of hydrogen-bond donors (Lipinski definition) is 1. The van der Waals surface area contributed by atoms with Crippen LogP contribution in [-0.2, 0) is 24.7 Å². The number of nitrogens with one attached hydrogen (secondary N) is 1. The van der Waals surface area contributed by atoms with E-state index in [0.717, 1.165) is 34.5 Å². The van der Waals surface area contributed by atoms with E-state index in [-0.39, 0.29) is 24.5 Å². The number of thiazole rings is 1. The summed E-state index contributed by atoms with van der Waals surface area (Å²) in [6, 6.07) is 5.45. The molecule has 0 fully saturated rings. The first-order valence-corrected chi connectivity index (χ1v) is 10.3. The molecule has 1 amide bonds. The summed E-state index contributed by atoms with van der Waals surface area (Å²) >= 11 is 1.49. The van der Waals surface area contributed by atoms with Gasteiger partial charge in [0.2, 0.25) is 5.91 Å². The molecule has 0 saturated carbocycles. The molecule has 1 aliphatic rings. The van der Waals surface area contributed by atoms with E-state index in [1.807, 2.05) is 30.9 Å². The lowest BCUT2D eigenvalue weighted by Crippen LogP contribution is -2.13. The van der Waals surface area contributed by atoms with Gasteiger partial charge in [0.1, 0.15) is 5.75 Å². The first-order valence-electron chi connectivity index (χ1n) is 9.45. The minimum absolute atomic E-state index is 0.0956. The number of aromatic nitrogens is 3. The lowest BCUT2D eigenvalue weighted by Gasteiger charge is -2.10. The molecule has 29 heavy (non-hydrogen) atoms. The largest absolute Gasteiger partial charge is 0.496 e. The van der Waals surface area contributed by atoms with Gasteiger partial charge in [-0.25, -0.2) is 4.98 Å². The molecule has 1 N–H and O–H groups in total. The van der Waals surface area contributed by atoms with Gasteiger partial charge < -0.3 is 10.1 Å². The molecule has 2 heterocycles. The monoisotopic (exact) mass is 410 g/mol. The number of ketones is 1. The number of amides is 1. The van der Waals surface area contributed by atoms with Gasteiger partial charge in [-0.2, -0.15) is 5.10 Å². The van der Waals surface area contributed by atoms with E-state index in [1.54, 1.807) is 12.1 Å². The first-order chi connectivity index (χ1) is 14.0. The molecule has 4 rings (SSSR count). The predicted molar refractivity (Wildman–Crippen MR) is 112 cm³/mol. The maximum Gasteiger partial charge on any atom is 0.226 e. The van der Waals surface area contributed by atoms with Crippen LogP contribution >= 0.6 is 11.3 Å². The van der Waals surface area contributed by atoms with E-state index in [4.69, 9.17) is 4.74 Å². The number of aryl methyl sites for hydroxylation is 3. The molecule has 0 radical (unpaired) electrons. The van der Waals surface area contributed by atoms with Gasteiger partial charge in [-0.3, -0.25) is 14.3 Å². The number of ether oxygens (including phenoxy) is 1. The van der Waals surface area contributed by atoms with E-state index in [1.165, 1.54) is 24.1 Å². The predicted octanol–water partition coefficient (Wildman–Crippen LogP) is 3.56. The minimum atomic E-state index is -0.220.